The lowest BCUT2D eigenvalue weighted by Gasteiger charge is -2.33. The fraction of sp³-hybridized carbons (Fsp3) is 0.650. The molecular weight excluding hydrogens is 364 g/mol. The number of hydrogen-bond acceptors (Lipinski definition) is 5. The van der Waals surface area contributed by atoms with Gasteiger partial charge in [-0.3, -0.25) is 4.79 Å². The first-order chi connectivity index (χ1) is 12.8. The topological polar surface area (TPSA) is 77.9 Å². The van der Waals surface area contributed by atoms with E-state index in [1.807, 2.05) is 36.1 Å². The maximum absolute atomic E-state index is 13.1. The number of nitrogens with zero attached hydrogens (tertiary/aromatic N) is 2. The summed E-state index contributed by atoms with van der Waals surface area (Å²) in [4.78, 5) is 17.1. The van der Waals surface area contributed by atoms with Crippen LogP contribution in [0.2, 0.25) is 0 Å². The minimum absolute atomic E-state index is 0.0279. The molecule has 0 spiro atoms. The number of rotatable bonds is 5. The van der Waals surface area contributed by atoms with Gasteiger partial charge in [0.15, 0.2) is 9.84 Å². The molecule has 1 N–H and O–H groups in total. The van der Waals surface area contributed by atoms with Crippen molar-refractivity contribution in [1.29, 1.82) is 0 Å². The molecule has 2 aliphatic rings. The second kappa shape index (κ2) is 8.29. The molecule has 0 aliphatic carbocycles. The van der Waals surface area contributed by atoms with E-state index in [1.54, 1.807) is 0 Å². The Morgan fingerprint density at radius 3 is 2.56 bits per heavy atom. The van der Waals surface area contributed by atoms with Gasteiger partial charge in [-0.15, -0.1) is 0 Å². The predicted molar refractivity (Wildman–Crippen MR) is 105 cm³/mol. The van der Waals surface area contributed by atoms with Gasteiger partial charge < -0.3 is 14.9 Å². The summed E-state index contributed by atoms with van der Waals surface area (Å²) in [5.74, 6) is 0.849. The summed E-state index contributed by atoms with van der Waals surface area (Å²) >= 11 is 0. The summed E-state index contributed by atoms with van der Waals surface area (Å²) in [7, 11) is -2.91. The molecule has 2 fully saturated rings. The van der Waals surface area contributed by atoms with Crippen LogP contribution in [0.1, 0.15) is 29.3 Å². The van der Waals surface area contributed by atoms with Crippen LogP contribution < -0.4 is 0 Å². The highest BCUT2D eigenvalue weighted by Crippen LogP contribution is 2.34. The summed E-state index contributed by atoms with van der Waals surface area (Å²) in [6.45, 7) is 6.48. The van der Waals surface area contributed by atoms with Gasteiger partial charge in [0.1, 0.15) is 0 Å². The van der Waals surface area contributed by atoms with E-state index in [0.717, 1.165) is 18.5 Å². The second-order valence-corrected chi connectivity index (χ2v) is 10.2. The van der Waals surface area contributed by atoms with Gasteiger partial charge in [-0.05, 0) is 30.9 Å². The number of carbonyl (C=O) groups excluding carboxylic acids is 1. The van der Waals surface area contributed by atoms with Gasteiger partial charge in [-0.2, -0.15) is 0 Å². The van der Waals surface area contributed by atoms with Gasteiger partial charge in [-0.25, -0.2) is 8.42 Å². The number of amides is 1. The number of benzene rings is 1. The summed E-state index contributed by atoms with van der Waals surface area (Å²) < 4.78 is 23.4. The largest absolute Gasteiger partial charge is 0.394 e. The zero-order chi connectivity index (χ0) is 19.6. The number of aryl methyl sites for hydroxylation is 1. The van der Waals surface area contributed by atoms with Crippen LogP contribution in [0.15, 0.2) is 24.3 Å². The third kappa shape index (κ3) is 4.52. The number of sulfone groups is 1. The SMILES string of the molecule is CC[C@@H]1CN(C(=O)c2cccc(C)c2)[C@H](CO)[C@@H]1CN1CCS(=O)(=O)CC1. The molecule has 1 aromatic rings. The van der Waals surface area contributed by atoms with E-state index in [4.69, 9.17) is 0 Å². The molecule has 0 radical (unpaired) electrons. The molecule has 2 saturated heterocycles. The molecular formula is C20H30N2O4S. The Kier molecular flexibility index (Phi) is 6.23. The van der Waals surface area contributed by atoms with Crippen molar-refractivity contribution < 1.29 is 18.3 Å². The fourth-order valence-corrected chi connectivity index (χ4v) is 5.69. The Bertz CT molecular complexity index is 766. The maximum Gasteiger partial charge on any atom is 0.254 e. The van der Waals surface area contributed by atoms with Crippen LogP contribution in [0, 0.1) is 18.8 Å². The Balaban J connectivity index is 1.75. The quantitative estimate of drug-likeness (QED) is 0.812. The maximum atomic E-state index is 13.1. The molecule has 0 aromatic heterocycles. The van der Waals surface area contributed by atoms with Gasteiger partial charge in [0, 0.05) is 31.7 Å². The van der Waals surface area contributed by atoms with Crippen LogP contribution in [-0.2, 0) is 9.84 Å². The zero-order valence-corrected chi connectivity index (χ0v) is 17.0. The van der Waals surface area contributed by atoms with Crippen molar-refractivity contribution in [3.05, 3.63) is 35.4 Å². The average molecular weight is 395 g/mol. The second-order valence-electron chi connectivity index (χ2n) is 7.86. The van der Waals surface area contributed by atoms with Crippen molar-refractivity contribution in [1.82, 2.24) is 9.80 Å². The summed E-state index contributed by atoms with van der Waals surface area (Å²) in [5.41, 5.74) is 1.70. The lowest BCUT2D eigenvalue weighted by atomic mass is 9.88. The van der Waals surface area contributed by atoms with Crippen LogP contribution in [0.3, 0.4) is 0 Å². The molecule has 150 valence electrons. The van der Waals surface area contributed by atoms with Gasteiger partial charge in [-0.1, -0.05) is 31.0 Å². The van der Waals surface area contributed by atoms with E-state index in [2.05, 4.69) is 11.8 Å². The van der Waals surface area contributed by atoms with E-state index in [9.17, 15) is 18.3 Å². The molecule has 3 rings (SSSR count). The number of aliphatic hydroxyl groups is 1. The van der Waals surface area contributed by atoms with Crippen LogP contribution >= 0.6 is 0 Å². The number of carbonyl (C=O) groups is 1. The Morgan fingerprint density at radius 2 is 1.96 bits per heavy atom. The number of likely N-dealkylation sites (tertiary alicyclic amines) is 1. The predicted octanol–water partition coefficient (Wildman–Crippen LogP) is 1.18. The Morgan fingerprint density at radius 1 is 1.26 bits per heavy atom. The number of aliphatic hydroxyl groups excluding tert-OH is 1. The third-order valence-electron chi connectivity index (χ3n) is 6.07. The van der Waals surface area contributed by atoms with Crippen molar-refractivity contribution >= 4 is 15.7 Å². The standard InChI is InChI=1S/C20H30N2O4S/c1-3-16-12-22(20(24)17-6-4-5-15(2)11-17)19(14-23)18(16)13-21-7-9-27(25,26)10-8-21/h4-6,11,16,18-19,23H,3,7-10,12-14H2,1-2H3/t16-,18-,19-/m1/s1. The normalized spacial score (nSPS) is 28.4. The van der Waals surface area contributed by atoms with Crippen molar-refractivity contribution in [2.75, 3.05) is 44.3 Å². The van der Waals surface area contributed by atoms with E-state index in [-0.39, 0.29) is 36.0 Å². The Labute approximate surface area is 162 Å². The molecule has 2 heterocycles. The summed E-state index contributed by atoms with van der Waals surface area (Å²) in [5, 5.41) is 10.1. The zero-order valence-electron chi connectivity index (χ0n) is 16.2. The minimum atomic E-state index is -2.91. The average Bonchev–Trinajstić information content (AvgIpc) is 3.00. The lowest BCUT2D eigenvalue weighted by Crippen LogP contribution is -2.47. The van der Waals surface area contributed by atoms with E-state index >= 15 is 0 Å². The molecule has 0 bridgehead atoms. The van der Waals surface area contributed by atoms with Gasteiger partial charge in [0.25, 0.3) is 5.91 Å². The summed E-state index contributed by atoms with van der Waals surface area (Å²) in [6.07, 6.45) is 0.935. The minimum Gasteiger partial charge on any atom is -0.394 e. The monoisotopic (exact) mass is 394 g/mol. The third-order valence-corrected chi connectivity index (χ3v) is 7.68. The summed E-state index contributed by atoms with van der Waals surface area (Å²) in [6, 6.07) is 7.34. The molecule has 7 heteroatoms. The molecule has 1 aromatic carbocycles. The molecule has 0 unspecified atom stereocenters. The van der Waals surface area contributed by atoms with E-state index in [1.165, 1.54) is 0 Å². The highest BCUT2D eigenvalue weighted by molar-refractivity contribution is 7.91. The first kappa shape index (κ1) is 20.3. The van der Waals surface area contributed by atoms with Gasteiger partial charge in [0.2, 0.25) is 0 Å². The molecule has 1 amide bonds. The van der Waals surface area contributed by atoms with Crippen LogP contribution in [0.5, 0.6) is 0 Å². The highest BCUT2D eigenvalue weighted by atomic mass is 32.2. The highest BCUT2D eigenvalue weighted by Gasteiger charge is 2.43. The van der Waals surface area contributed by atoms with Crippen molar-refractivity contribution in [3.8, 4) is 0 Å². The smallest absolute Gasteiger partial charge is 0.254 e. The molecule has 0 saturated carbocycles. The molecule has 2 aliphatic heterocycles. The van der Waals surface area contributed by atoms with E-state index < -0.39 is 9.84 Å². The number of hydrogen-bond donors (Lipinski definition) is 1. The van der Waals surface area contributed by atoms with Crippen LogP contribution in [0.25, 0.3) is 0 Å². The van der Waals surface area contributed by atoms with Gasteiger partial charge >= 0.3 is 0 Å². The molecule has 3 atom stereocenters. The molecule has 6 nitrogen and oxygen atoms in total. The first-order valence-electron chi connectivity index (χ1n) is 9.76. The van der Waals surface area contributed by atoms with Crippen molar-refractivity contribution in [2.24, 2.45) is 11.8 Å². The lowest BCUT2D eigenvalue weighted by molar-refractivity contribution is 0.0619. The first-order valence-corrected chi connectivity index (χ1v) is 11.6. The van der Waals surface area contributed by atoms with Crippen LogP contribution in [-0.4, -0.2) is 79.6 Å². The Hall–Kier alpha value is -1.44. The van der Waals surface area contributed by atoms with Crippen LogP contribution in [0.4, 0.5) is 0 Å². The van der Waals surface area contributed by atoms with Crippen molar-refractivity contribution in [3.63, 3.8) is 0 Å². The molecule has 27 heavy (non-hydrogen) atoms. The fourth-order valence-electron chi connectivity index (χ4n) is 4.41. The van der Waals surface area contributed by atoms with Gasteiger partial charge in [0.05, 0.1) is 24.2 Å². The van der Waals surface area contributed by atoms with E-state index in [0.29, 0.717) is 31.1 Å². The van der Waals surface area contributed by atoms with Crippen molar-refractivity contribution in [2.45, 2.75) is 26.3 Å².